The summed E-state index contributed by atoms with van der Waals surface area (Å²) in [5, 5.41) is 16.5. The van der Waals surface area contributed by atoms with Crippen molar-refractivity contribution < 1.29 is 29.4 Å². The Kier molecular flexibility index (Phi) is 7.69. The maximum Gasteiger partial charge on any atom is -0.153 e. The van der Waals surface area contributed by atoms with Gasteiger partial charge in [-0.25, -0.2) is 0 Å². The number of allylic oxidation sites excluding steroid dienone is 5. The molecule has 1 unspecified atom stereocenters. The van der Waals surface area contributed by atoms with Crippen LogP contribution in [0.4, 0.5) is 0 Å². The van der Waals surface area contributed by atoms with Crippen molar-refractivity contribution in [1.82, 2.24) is 0 Å². The zero-order valence-corrected chi connectivity index (χ0v) is 12.9. The van der Waals surface area contributed by atoms with E-state index in [1.165, 1.54) is 12.0 Å². The normalized spacial score (nSPS) is 17.5. The molecule has 0 bridgehead atoms. The van der Waals surface area contributed by atoms with Gasteiger partial charge in [-0.15, -0.1) is 0 Å². The molecule has 0 heterocycles. The van der Waals surface area contributed by atoms with Crippen LogP contribution in [-0.2, 0) is 19.2 Å². The minimum Gasteiger partial charge on any atom is -0.857 e. The fourth-order valence-corrected chi connectivity index (χ4v) is 4.38. The van der Waals surface area contributed by atoms with Crippen LogP contribution in [0.2, 0.25) is 0 Å². The molecule has 2 nitrogen and oxygen atoms in total. The SMILES string of the molecule is C1=CC[C]([Ti+2][CH]2C=Cc3ccccc32)=C1.C[O-].C[O-]. The molecule has 0 aliphatic heterocycles. The van der Waals surface area contributed by atoms with Crippen LogP contribution in [0.25, 0.3) is 6.08 Å². The van der Waals surface area contributed by atoms with Crippen LogP contribution in [0, 0.1) is 0 Å². The van der Waals surface area contributed by atoms with E-state index < -0.39 is 0 Å². The molecule has 2 aliphatic rings. The first kappa shape index (κ1) is 16.1. The zero-order chi connectivity index (χ0) is 14.1. The first-order valence-electron chi connectivity index (χ1n) is 6.14. The van der Waals surface area contributed by atoms with E-state index in [2.05, 4.69) is 54.6 Å². The van der Waals surface area contributed by atoms with E-state index in [1.807, 2.05) is 0 Å². The topological polar surface area (TPSA) is 46.1 Å². The van der Waals surface area contributed by atoms with Crippen molar-refractivity contribution in [2.24, 2.45) is 0 Å². The van der Waals surface area contributed by atoms with E-state index in [9.17, 15) is 0 Å². The van der Waals surface area contributed by atoms with Gasteiger partial charge in [0.2, 0.25) is 0 Å². The Morgan fingerprint density at radius 2 is 1.84 bits per heavy atom. The molecular weight excluding hydrogens is 272 g/mol. The summed E-state index contributed by atoms with van der Waals surface area (Å²) >= 11 is -0.00130. The summed E-state index contributed by atoms with van der Waals surface area (Å²) in [5.41, 5.74) is 2.98. The Bertz CT molecular complexity index is 475. The maximum absolute atomic E-state index is 8.25. The van der Waals surface area contributed by atoms with Gasteiger partial charge in [-0.1, -0.05) is 0 Å². The molecule has 0 radical (unpaired) electrons. The molecule has 19 heavy (non-hydrogen) atoms. The molecule has 0 N–H and O–H groups in total. The third-order valence-corrected chi connectivity index (χ3v) is 5.34. The van der Waals surface area contributed by atoms with Crippen LogP contribution in [0.1, 0.15) is 21.8 Å². The van der Waals surface area contributed by atoms with Crippen LogP contribution in [0.15, 0.2) is 52.4 Å². The van der Waals surface area contributed by atoms with E-state index >= 15 is 0 Å². The Morgan fingerprint density at radius 3 is 2.53 bits per heavy atom. The van der Waals surface area contributed by atoms with Gasteiger partial charge in [0, 0.05) is 0 Å². The largest absolute Gasteiger partial charge is 0.857 e. The molecule has 0 spiro atoms. The van der Waals surface area contributed by atoms with Crippen molar-refractivity contribution in [3.63, 3.8) is 0 Å². The molecule has 3 heteroatoms. The van der Waals surface area contributed by atoms with Crippen molar-refractivity contribution in [3.8, 4) is 0 Å². The Hall–Kier alpha value is -0.926. The summed E-state index contributed by atoms with van der Waals surface area (Å²) in [6, 6.07) is 8.79. The predicted octanol–water partition coefficient (Wildman–Crippen LogP) is 1.63. The summed E-state index contributed by atoms with van der Waals surface area (Å²) in [6.07, 6.45) is 12.7. The summed E-state index contributed by atoms with van der Waals surface area (Å²) in [6.45, 7) is 0. The zero-order valence-electron chi connectivity index (χ0n) is 11.3. The quantitative estimate of drug-likeness (QED) is 0.777. The average Bonchev–Trinajstić information content (AvgIpc) is 3.14. The summed E-state index contributed by atoms with van der Waals surface area (Å²) in [7, 11) is 1.50. The maximum atomic E-state index is 8.25. The minimum absolute atomic E-state index is 0.00130. The summed E-state index contributed by atoms with van der Waals surface area (Å²) < 4.78 is 2.41. The fraction of sp³-hybridized carbons (Fsp3) is 0.250. The van der Waals surface area contributed by atoms with E-state index in [4.69, 9.17) is 10.2 Å². The third-order valence-electron chi connectivity index (χ3n) is 2.91. The van der Waals surface area contributed by atoms with Crippen molar-refractivity contribution >= 4 is 6.08 Å². The van der Waals surface area contributed by atoms with Gasteiger partial charge < -0.3 is 10.2 Å². The molecule has 2 aliphatic carbocycles. The molecule has 1 aromatic rings. The van der Waals surface area contributed by atoms with Gasteiger partial charge in [-0.2, -0.15) is 14.2 Å². The Morgan fingerprint density at radius 1 is 1.11 bits per heavy atom. The number of hydrogen-bond donors (Lipinski definition) is 0. The van der Waals surface area contributed by atoms with Crippen molar-refractivity contribution in [1.29, 1.82) is 0 Å². The second-order valence-corrected chi connectivity index (χ2v) is 6.36. The van der Waals surface area contributed by atoms with Gasteiger partial charge in [-0.05, 0) is 0 Å². The molecule has 3 rings (SSSR count). The van der Waals surface area contributed by atoms with Gasteiger partial charge in [0.05, 0.1) is 0 Å². The van der Waals surface area contributed by atoms with E-state index in [-0.39, 0.29) is 19.2 Å². The molecule has 1 atom stereocenters. The molecule has 0 amide bonds. The Labute approximate surface area is 124 Å². The standard InChI is InChI=1S/C9H7.C5H5.2CH3O.Ti/c1-2-5-9-7-3-6-8(9)4-1;1-2-4-5-3-1;2*1-2;/h1-7H;1-3H,4H2;2*1H3;/q;;2*-1;+2. The van der Waals surface area contributed by atoms with Crippen LogP contribution in [0.3, 0.4) is 0 Å². The summed E-state index contributed by atoms with van der Waals surface area (Å²) in [4.78, 5) is 0. The molecule has 0 saturated carbocycles. The van der Waals surface area contributed by atoms with Crippen molar-refractivity contribution in [3.05, 3.63) is 63.6 Å². The van der Waals surface area contributed by atoms with Crippen molar-refractivity contribution in [2.45, 2.75) is 10.6 Å². The number of rotatable bonds is 2. The molecule has 0 aromatic heterocycles. The smallest absolute Gasteiger partial charge is 0.153 e. The summed E-state index contributed by atoms with van der Waals surface area (Å²) in [5.74, 6) is 0. The second kappa shape index (κ2) is 9.05. The van der Waals surface area contributed by atoms with Gasteiger partial charge >= 0.3 is 99.4 Å². The predicted molar refractivity (Wildman–Crippen MR) is 71.9 cm³/mol. The number of fused-ring (bicyclic) bond motifs is 1. The second-order valence-electron chi connectivity index (χ2n) is 3.93. The third kappa shape index (κ3) is 4.29. The first-order chi connectivity index (χ1) is 9.43. The fourth-order valence-electron chi connectivity index (χ4n) is 2.13. The van der Waals surface area contributed by atoms with Crippen LogP contribution < -0.4 is 10.2 Å². The van der Waals surface area contributed by atoms with Gasteiger partial charge in [0.1, 0.15) is 0 Å². The van der Waals surface area contributed by atoms with Crippen molar-refractivity contribution in [2.75, 3.05) is 14.2 Å². The Balaban J connectivity index is 0.000000415. The molecule has 1 aromatic carbocycles. The molecule has 98 valence electrons. The van der Waals surface area contributed by atoms with Crippen LogP contribution in [0.5, 0.6) is 0 Å². The first-order valence-corrected chi connectivity index (χ1v) is 7.83. The number of hydrogen-bond acceptors (Lipinski definition) is 2. The monoisotopic (exact) mass is 290 g/mol. The van der Waals surface area contributed by atoms with Gasteiger partial charge in [0.25, 0.3) is 0 Å². The van der Waals surface area contributed by atoms with Crippen LogP contribution >= 0.6 is 0 Å². The van der Waals surface area contributed by atoms with E-state index in [0.717, 1.165) is 18.4 Å². The minimum atomic E-state index is -0.00130. The molecule has 0 fully saturated rings. The van der Waals surface area contributed by atoms with E-state index in [0.29, 0.717) is 0 Å². The molecule has 0 saturated heterocycles. The van der Waals surface area contributed by atoms with E-state index in [1.54, 1.807) is 9.44 Å². The van der Waals surface area contributed by atoms with Gasteiger partial charge in [-0.3, -0.25) is 0 Å². The number of benzene rings is 1. The van der Waals surface area contributed by atoms with Gasteiger partial charge in [0.15, 0.2) is 0 Å². The van der Waals surface area contributed by atoms with Crippen LogP contribution in [-0.4, -0.2) is 14.2 Å². The molecular formula is C16H18O2Ti. The average molecular weight is 290 g/mol.